The van der Waals surface area contributed by atoms with E-state index < -0.39 is 6.10 Å². The first-order valence-electron chi connectivity index (χ1n) is 8.83. The average Bonchev–Trinajstić information content (AvgIpc) is 3.46. The van der Waals surface area contributed by atoms with Crippen molar-refractivity contribution in [1.29, 1.82) is 0 Å². The molecule has 1 heterocycles. The maximum Gasteiger partial charge on any atom is 0.253 e. The number of piperidine rings is 1. The first-order chi connectivity index (χ1) is 11.6. The Balaban J connectivity index is 1.49. The number of likely N-dealkylation sites (N-methyl/N-ethyl adjacent to an activating group) is 1. The fourth-order valence-corrected chi connectivity index (χ4v) is 3.41. The van der Waals surface area contributed by atoms with Crippen molar-refractivity contribution in [3.63, 3.8) is 0 Å². The molecule has 2 fully saturated rings. The SMILES string of the molecule is CN(CC(O)C1CC1)C(=O)C1CCN(C(=O)c2ccccc2)CC1. The molecule has 24 heavy (non-hydrogen) atoms. The molecule has 1 saturated carbocycles. The third kappa shape index (κ3) is 3.96. The molecule has 2 amide bonds. The van der Waals surface area contributed by atoms with E-state index in [0.29, 0.717) is 44.0 Å². The van der Waals surface area contributed by atoms with E-state index in [2.05, 4.69) is 0 Å². The van der Waals surface area contributed by atoms with Crippen LogP contribution < -0.4 is 0 Å². The van der Waals surface area contributed by atoms with Crippen LogP contribution in [-0.2, 0) is 4.79 Å². The number of hydrogen-bond donors (Lipinski definition) is 1. The predicted molar refractivity (Wildman–Crippen MR) is 91.4 cm³/mol. The number of carbonyl (C=O) groups excluding carboxylic acids is 2. The first-order valence-corrected chi connectivity index (χ1v) is 8.83. The van der Waals surface area contributed by atoms with Crippen molar-refractivity contribution in [2.75, 3.05) is 26.7 Å². The smallest absolute Gasteiger partial charge is 0.253 e. The third-order valence-electron chi connectivity index (χ3n) is 5.16. The zero-order valence-corrected chi connectivity index (χ0v) is 14.2. The lowest BCUT2D eigenvalue weighted by atomic mass is 9.94. The van der Waals surface area contributed by atoms with Gasteiger partial charge in [-0.1, -0.05) is 18.2 Å². The van der Waals surface area contributed by atoms with E-state index >= 15 is 0 Å². The van der Waals surface area contributed by atoms with Crippen LogP contribution in [0.1, 0.15) is 36.0 Å². The molecule has 0 radical (unpaired) electrons. The monoisotopic (exact) mass is 330 g/mol. The van der Waals surface area contributed by atoms with Crippen molar-refractivity contribution in [1.82, 2.24) is 9.80 Å². The molecule has 1 atom stereocenters. The number of hydrogen-bond acceptors (Lipinski definition) is 3. The Morgan fingerprint density at radius 1 is 1.17 bits per heavy atom. The van der Waals surface area contributed by atoms with E-state index in [1.54, 1.807) is 11.9 Å². The largest absolute Gasteiger partial charge is 0.391 e. The fourth-order valence-electron chi connectivity index (χ4n) is 3.41. The number of benzene rings is 1. The number of nitrogens with zero attached hydrogens (tertiary/aromatic N) is 2. The minimum atomic E-state index is -0.390. The molecule has 0 aromatic heterocycles. The predicted octanol–water partition coefficient (Wildman–Crippen LogP) is 1.77. The number of carbonyl (C=O) groups is 2. The second-order valence-electron chi connectivity index (χ2n) is 7.06. The number of aliphatic hydroxyl groups is 1. The molecule has 1 aromatic carbocycles. The highest BCUT2D eigenvalue weighted by atomic mass is 16.3. The highest BCUT2D eigenvalue weighted by Gasteiger charge is 2.33. The Bertz CT molecular complexity index is 578. The quantitative estimate of drug-likeness (QED) is 0.895. The van der Waals surface area contributed by atoms with Gasteiger partial charge in [0.05, 0.1) is 6.10 Å². The Morgan fingerprint density at radius 2 is 1.79 bits per heavy atom. The van der Waals surface area contributed by atoms with Crippen LogP contribution in [0.2, 0.25) is 0 Å². The van der Waals surface area contributed by atoms with Gasteiger partial charge in [0, 0.05) is 38.2 Å². The lowest BCUT2D eigenvalue weighted by Gasteiger charge is -2.33. The highest BCUT2D eigenvalue weighted by Crippen LogP contribution is 2.33. The second kappa shape index (κ2) is 7.34. The maximum absolute atomic E-state index is 12.5. The maximum atomic E-state index is 12.5. The molecule has 1 N–H and O–H groups in total. The van der Waals surface area contributed by atoms with Crippen molar-refractivity contribution >= 4 is 11.8 Å². The van der Waals surface area contributed by atoms with Crippen molar-refractivity contribution in [2.24, 2.45) is 11.8 Å². The van der Waals surface area contributed by atoms with Gasteiger partial charge < -0.3 is 14.9 Å². The number of rotatable bonds is 5. The minimum absolute atomic E-state index is 0.0405. The summed E-state index contributed by atoms with van der Waals surface area (Å²) in [6.07, 6.45) is 3.15. The normalized spacial score (nSPS) is 19.8. The minimum Gasteiger partial charge on any atom is -0.391 e. The lowest BCUT2D eigenvalue weighted by Crippen LogP contribution is -2.45. The van der Waals surface area contributed by atoms with Gasteiger partial charge in [0.25, 0.3) is 5.91 Å². The molecule has 2 aliphatic rings. The van der Waals surface area contributed by atoms with Crippen molar-refractivity contribution < 1.29 is 14.7 Å². The van der Waals surface area contributed by atoms with E-state index in [4.69, 9.17) is 0 Å². The third-order valence-corrected chi connectivity index (χ3v) is 5.16. The van der Waals surface area contributed by atoms with Gasteiger partial charge in [-0.3, -0.25) is 9.59 Å². The summed E-state index contributed by atoms with van der Waals surface area (Å²) in [4.78, 5) is 28.5. The van der Waals surface area contributed by atoms with Crippen LogP contribution in [0.5, 0.6) is 0 Å². The van der Waals surface area contributed by atoms with Gasteiger partial charge in [0.1, 0.15) is 0 Å². The van der Waals surface area contributed by atoms with Crippen molar-refractivity contribution in [3.8, 4) is 0 Å². The molecule has 1 saturated heterocycles. The van der Waals surface area contributed by atoms with Gasteiger partial charge in [-0.25, -0.2) is 0 Å². The van der Waals surface area contributed by atoms with Gasteiger partial charge in [-0.15, -0.1) is 0 Å². The number of likely N-dealkylation sites (tertiary alicyclic amines) is 1. The van der Waals surface area contributed by atoms with Gasteiger partial charge in [0.15, 0.2) is 0 Å². The summed E-state index contributed by atoms with van der Waals surface area (Å²) in [7, 11) is 1.77. The van der Waals surface area contributed by atoms with Crippen molar-refractivity contribution in [3.05, 3.63) is 35.9 Å². The Labute approximate surface area is 143 Å². The zero-order chi connectivity index (χ0) is 17.1. The molecule has 0 bridgehead atoms. The molecule has 1 unspecified atom stereocenters. The van der Waals surface area contributed by atoms with E-state index in [1.807, 2.05) is 35.2 Å². The number of amides is 2. The molecule has 1 aromatic rings. The second-order valence-corrected chi connectivity index (χ2v) is 7.06. The fraction of sp³-hybridized carbons (Fsp3) is 0.579. The molecule has 0 spiro atoms. The average molecular weight is 330 g/mol. The van der Waals surface area contributed by atoms with E-state index in [-0.39, 0.29) is 17.7 Å². The lowest BCUT2D eigenvalue weighted by molar-refractivity contribution is -0.137. The molecule has 3 rings (SSSR count). The summed E-state index contributed by atoms with van der Waals surface area (Å²) in [5.74, 6) is 0.479. The zero-order valence-electron chi connectivity index (χ0n) is 14.2. The van der Waals surface area contributed by atoms with Crippen LogP contribution >= 0.6 is 0 Å². The summed E-state index contributed by atoms with van der Waals surface area (Å²) < 4.78 is 0. The number of aliphatic hydroxyl groups excluding tert-OH is 1. The molecular formula is C19H26N2O3. The summed E-state index contributed by atoms with van der Waals surface area (Å²) in [6, 6.07) is 9.28. The van der Waals surface area contributed by atoms with Crippen LogP contribution in [-0.4, -0.2) is 59.5 Å². The van der Waals surface area contributed by atoms with Gasteiger partial charge >= 0.3 is 0 Å². The summed E-state index contributed by atoms with van der Waals surface area (Å²) in [5.41, 5.74) is 0.701. The molecule has 130 valence electrons. The van der Waals surface area contributed by atoms with Gasteiger partial charge in [0.2, 0.25) is 5.91 Å². The van der Waals surface area contributed by atoms with Crippen LogP contribution in [0.3, 0.4) is 0 Å². The molecule has 5 heteroatoms. The Hall–Kier alpha value is -1.88. The van der Waals surface area contributed by atoms with Gasteiger partial charge in [-0.05, 0) is 43.7 Å². The van der Waals surface area contributed by atoms with Crippen LogP contribution in [0, 0.1) is 11.8 Å². The van der Waals surface area contributed by atoms with Gasteiger partial charge in [-0.2, -0.15) is 0 Å². The van der Waals surface area contributed by atoms with Crippen LogP contribution in [0.4, 0.5) is 0 Å². The Morgan fingerprint density at radius 3 is 2.38 bits per heavy atom. The van der Waals surface area contributed by atoms with E-state index in [9.17, 15) is 14.7 Å². The first kappa shape index (κ1) is 17.0. The summed E-state index contributed by atoms with van der Waals surface area (Å²) >= 11 is 0. The Kier molecular flexibility index (Phi) is 5.19. The van der Waals surface area contributed by atoms with Crippen molar-refractivity contribution in [2.45, 2.75) is 31.8 Å². The van der Waals surface area contributed by atoms with Crippen LogP contribution in [0.25, 0.3) is 0 Å². The topological polar surface area (TPSA) is 60.9 Å². The van der Waals surface area contributed by atoms with E-state index in [1.165, 1.54) is 0 Å². The molecule has 1 aliphatic carbocycles. The van der Waals surface area contributed by atoms with Crippen LogP contribution in [0.15, 0.2) is 30.3 Å². The standard InChI is InChI=1S/C19H26N2O3/c1-20(13-17(22)14-7-8-14)18(23)16-9-11-21(12-10-16)19(24)15-5-3-2-4-6-15/h2-6,14,16-17,22H,7-13H2,1H3. The summed E-state index contributed by atoms with van der Waals surface area (Å²) in [6.45, 7) is 1.65. The molecule has 5 nitrogen and oxygen atoms in total. The molecular weight excluding hydrogens is 304 g/mol. The van der Waals surface area contributed by atoms with E-state index in [0.717, 1.165) is 12.8 Å². The summed E-state index contributed by atoms with van der Waals surface area (Å²) in [5, 5.41) is 10.0. The highest BCUT2D eigenvalue weighted by molar-refractivity contribution is 5.94. The molecule has 1 aliphatic heterocycles.